The van der Waals surface area contributed by atoms with Crippen molar-refractivity contribution in [3.8, 4) is 0 Å². The Morgan fingerprint density at radius 1 is 1.40 bits per heavy atom. The van der Waals surface area contributed by atoms with Gasteiger partial charge in [0.15, 0.2) is 0 Å². The molecule has 0 spiro atoms. The van der Waals surface area contributed by atoms with E-state index in [1.807, 2.05) is 0 Å². The first-order valence-electron chi connectivity index (χ1n) is 4.63. The summed E-state index contributed by atoms with van der Waals surface area (Å²) >= 11 is 11.9. The summed E-state index contributed by atoms with van der Waals surface area (Å²) in [6.45, 7) is 0. The number of carboxylic acids is 1. The molecule has 15 heavy (non-hydrogen) atoms. The molecule has 0 aliphatic heterocycles. The molecule has 1 N–H and O–H groups in total. The Balaban J connectivity index is 2.45. The number of halogens is 2. The van der Waals surface area contributed by atoms with Gasteiger partial charge >= 0.3 is 5.97 Å². The molecule has 0 saturated heterocycles. The van der Waals surface area contributed by atoms with Crippen LogP contribution in [0.15, 0.2) is 12.4 Å². The maximum absolute atomic E-state index is 11.1. The molecule has 5 heteroatoms. The molecule has 1 fully saturated rings. The lowest BCUT2D eigenvalue weighted by molar-refractivity contribution is -0.139. The highest BCUT2D eigenvalue weighted by atomic mass is 35.5. The fraction of sp³-hybridized carbons (Fsp3) is 0.400. The average molecular weight is 246 g/mol. The Bertz CT molecular complexity index is 384. The van der Waals surface area contributed by atoms with Crippen LogP contribution in [0.1, 0.15) is 24.3 Å². The molecule has 0 radical (unpaired) electrons. The molecule has 1 aromatic rings. The first-order chi connectivity index (χ1) is 7.11. The fourth-order valence-electron chi connectivity index (χ4n) is 1.71. The third-order valence-electron chi connectivity index (χ3n) is 2.56. The van der Waals surface area contributed by atoms with Gasteiger partial charge in [-0.05, 0) is 18.8 Å². The lowest BCUT2D eigenvalue weighted by atomic mass is 9.95. The molecule has 3 nitrogen and oxygen atoms in total. The summed E-state index contributed by atoms with van der Waals surface area (Å²) in [5, 5.41) is 9.82. The first-order valence-corrected chi connectivity index (χ1v) is 5.38. The summed E-state index contributed by atoms with van der Waals surface area (Å²) in [5.74, 6) is -1.29. The van der Waals surface area contributed by atoms with Crippen molar-refractivity contribution in [2.75, 3.05) is 0 Å². The van der Waals surface area contributed by atoms with Gasteiger partial charge in [-0.25, -0.2) is 0 Å². The van der Waals surface area contributed by atoms with Crippen LogP contribution >= 0.6 is 23.2 Å². The second kappa shape index (κ2) is 3.99. The van der Waals surface area contributed by atoms with Gasteiger partial charge in [-0.1, -0.05) is 23.2 Å². The second-order valence-corrected chi connectivity index (χ2v) is 4.48. The van der Waals surface area contributed by atoms with Gasteiger partial charge in [0, 0.05) is 18.0 Å². The van der Waals surface area contributed by atoms with Gasteiger partial charge in [0.05, 0.1) is 16.0 Å². The molecule has 2 rings (SSSR count). The standard InChI is InChI=1S/C10H9Cl2NO2/c11-6-3-13-4-7(12)9(6)8(10(14)15)5-1-2-5/h3-5,8H,1-2H2,(H,14,15). The van der Waals surface area contributed by atoms with Gasteiger partial charge in [-0.15, -0.1) is 0 Å². The van der Waals surface area contributed by atoms with E-state index in [-0.39, 0.29) is 5.92 Å². The van der Waals surface area contributed by atoms with Crippen molar-refractivity contribution in [3.05, 3.63) is 28.0 Å². The van der Waals surface area contributed by atoms with E-state index in [1.54, 1.807) is 0 Å². The van der Waals surface area contributed by atoms with Crippen LogP contribution in [-0.4, -0.2) is 16.1 Å². The highest BCUT2D eigenvalue weighted by Gasteiger charge is 2.39. The Morgan fingerprint density at radius 2 is 1.93 bits per heavy atom. The van der Waals surface area contributed by atoms with Gasteiger partial charge in [0.1, 0.15) is 0 Å². The van der Waals surface area contributed by atoms with Crippen LogP contribution in [0.3, 0.4) is 0 Å². The molecule has 1 aromatic heterocycles. The van der Waals surface area contributed by atoms with Crippen molar-refractivity contribution in [2.24, 2.45) is 5.92 Å². The summed E-state index contributed by atoms with van der Waals surface area (Å²) in [6, 6.07) is 0. The second-order valence-electron chi connectivity index (χ2n) is 3.67. The predicted octanol–water partition coefficient (Wildman–Crippen LogP) is 2.97. The van der Waals surface area contributed by atoms with Crippen LogP contribution in [-0.2, 0) is 4.79 Å². The zero-order valence-electron chi connectivity index (χ0n) is 7.78. The molecule has 1 heterocycles. The van der Waals surface area contributed by atoms with Crippen molar-refractivity contribution < 1.29 is 9.90 Å². The number of carbonyl (C=O) groups is 1. The van der Waals surface area contributed by atoms with Gasteiger partial charge in [0.25, 0.3) is 0 Å². The van der Waals surface area contributed by atoms with E-state index in [0.717, 1.165) is 12.8 Å². The van der Waals surface area contributed by atoms with Crippen molar-refractivity contribution in [3.63, 3.8) is 0 Å². The number of aromatic nitrogens is 1. The molecular weight excluding hydrogens is 237 g/mol. The summed E-state index contributed by atoms with van der Waals surface area (Å²) < 4.78 is 0. The number of pyridine rings is 1. The zero-order valence-corrected chi connectivity index (χ0v) is 9.29. The minimum absolute atomic E-state index is 0.167. The number of rotatable bonds is 3. The molecule has 1 atom stereocenters. The summed E-state index contributed by atoms with van der Waals surface area (Å²) in [6.07, 6.45) is 4.71. The molecular formula is C10H9Cl2NO2. The third kappa shape index (κ3) is 2.08. The van der Waals surface area contributed by atoms with E-state index in [9.17, 15) is 4.79 Å². The molecule has 0 amide bonds. The van der Waals surface area contributed by atoms with Crippen LogP contribution in [0.2, 0.25) is 10.0 Å². The fourth-order valence-corrected chi connectivity index (χ4v) is 2.31. The van der Waals surface area contributed by atoms with E-state index in [0.29, 0.717) is 15.6 Å². The van der Waals surface area contributed by atoms with Crippen molar-refractivity contribution in [2.45, 2.75) is 18.8 Å². The van der Waals surface area contributed by atoms with E-state index < -0.39 is 11.9 Å². The molecule has 80 valence electrons. The van der Waals surface area contributed by atoms with E-state index in [4.69, 9.17) is 28.3 Å². The van der Waals surface area contributed by atoms with Crippen LogP contribution < -0.4 is 0 Å². The zero-order chi connectivity index (χ0) is 11.0. The van der Waals surface area contributed by atoms with E-state index in [1.165, 1.54) is 12.4 Å². The average Bonchev–Trinajstić information content (AvgIpc) is 2.94. The normalized spacial score (nSPS) is 17.5. The van der Waals surface area contributed by atoms with Crippen LogP contribution in [0, 0.1) is 5.92 Å². The SMILES string of the molecule is O=C(O)C(c1c(Cl)cncc1Cl)C1CC1. The minimum Gasteiger partial charge on any atom is -0.481 e. The van der Waals surface area contributed by atoms with Gasteiger partial charge in [0.2, 0.25) is 0 Å². The maximum Gasteiger partial charge on any atom is 0.311 e. The molecule has 0 aromatic carbocycles. The highest BCUT2D eigenvalue weighted by Crippen LogP contribution is 2.46. The topological polar surface area (TPSA) is 50.2 Å². The maximum atomic E-state index is 11.1. The lowest BCUT2D eigenvalue weighted by Gasteiger charge is -2.14. The molecule has 1 aliphatic rings. The predicted molar refractivity (Wildman–Crippen MR) is 57.4 cm³/mol. The van der Waals surface area contributed by atoms with Crippen molar-refractivity contribution in [1.82, 2.24) is 4.98 Å². The highest BCUT2D eigenvalue weighted by molar-refractivity contribution is 6.36. The molecule has 1 unspecified atom stereocenters. The number of aliphatic carboxylic acids is 1. The number of nitrogens with zero attached hydrogens (tertiary/aromatic N) is 1. The number of carboxylic acid groups (broad SMARTS) is 1. The third-order valence-corrected chi connectivity index (χ3v) is 3.16. The number of hydrogen-bond donors (Lipinski definition) is 1. The van der Waals surface area contributed by atoms with Crippen LogP contribution in [0.25, 0.3) is 0 Å². The van der Waals surface area contributed by atoms with Crippen LogP contribution in [0.5, 0.6) is 0 Å². The Labute approximate surface area is 97.0 Å². The van der Waals surface area contributed by atoms with Crippen molar-refractivity contribution in [1.29, 1.82) is 0 Å². The molecule has 0 bridgehead atoms. The van der Waals surface area contributed by atoms with Crippen molar-refractivity contribution >= 4 is 29.2 Å². The largest absolute Gasteiger partial charge is 0.481 e. The number of hydrogen-bond acceptors (Lipinski definition) is 2. The van der Waals surface area contributed by atoms with Gasteiger partial charge in [-0.2, -0.15) is 0 Å². The van der Waals surface area contributed by atoms with E-state index in [2.05, 4.69) is 4.98 Å². The Morgan fingerprint density at radius 3 is 2.33 bits per heavy atom. The summed E-state index contributed by atoms with van der Waals surface area (Å²) in [4.78, 5) is 15.0. The van der Waals surface area contributed by atoms with E-state index >= 15 is 0 Å². The molecule has 1 aliphatic carbocycles. The smallest absolute Gasteiger partial charge is 0.311 e. The van der Waals surface area contributed by atoms with Gasteiger partial charge in [-0.3, -0.25) is 9.78 Å². The Kier molecular flexibility index (Phi) is 2.85. The van der Waals surface area contributed by atoms with Gasteiger partial charge < -0.3 is 5.11 Å². The monoisotopic (exact) mass is 245 g/mol. The van der Waals surface area contributed by atoms with Crippen LogP contribution in [0.4, 0.5) is 0 Å². The quantitative estimate of drug-likeness (QED) is 0.891. The first kappa shape index (κ1) is 10.7. The summed E-state index contributed by atoms with van der Waals surface area (Å²) in [5.41, 5.74) is 0.503. The minimum atomic E-state index is -0.868. The lowest BCUT2D eigenvalue weighted by Crippen LogP contribution is -2.14. The Hall–Kier alpha value is -0.800. The summed E-state index contributed by atoms with van der Waals surface area (Å²) in [7, 11) is 0. The molecule has 1 saturated carbocycles.